The Kier molecular flexibility index (Phi) is 1.43. The summed E-state index contributed by atoms with van der Waals surface area (Å²) in [5, 5.41) is 0. The van der Waals surface area contributed by atoms with Gasteiger partial charge in [0.1, 0.15) is 5.52 Å². The van der Waals surface area contributed by atoms with Crippen LogP contribution in [0.5, 0.6) is 0 Å². The van der Waals surface area contributed by atoms with E-state index in [1.165, 1.54) is 12.1 Å². The fraction of sp³-hybridized carbons (Fsp3) is 0. The summed E-state index contributed by atoms with van der Waals surface area (Å²) >= 11 is 0. The molecule has 1 aromatic carbocycles. The van der Waals surface area contributed by atoms with E-state index in [0.29, 0.717) is 11.5 Å². The van der Waals surface area contributed by atoms with Gasteiger partial charge in [-0.15, -0.1) is 0 Å². The molecule has 12 heavy (non-hydrogen) atoms. The van der Waals surface area contributed by atoms with Gasteiger partial charge in [-0.25, -0.2) is 9.37 Å². The van der Waals surface area contributed by atoms with Crippen molar-refractivity contribution in [2.75, 3.05) is 0 Å². The maximum Gasteiger partial charge on any atom is 0.219 e. The third-order valence-corrected chi connectivity index (χ3v) is 1.56. The quantitative estimate of drug-likeness (QED) is 0.645. The van der Waals surface area contributed by atoms with Gasteiger partial charge < -0.3 is 4.42 Å². The van der Waals surface area contributed by atoms with Crippen LogP contribution in [0.25, 0.3) is 17.2 Å². The molecule has 0 amide bonds. The zero-order valence-corrected chi connectivity index (χ0v) is 6.25. The zero-order chi connectivity index (χ0) is 8.55. The lowest BCUT2D eigenvalue weighted by atomic mass is 10.3. The Labute approximate surface area is 68.3 Å². The van der Waals surface area contributed by atoms with E-state index >= 15 is 0 Å². The smallest absolute Gasteiger partial charge is 0.219 e. The number of aromatic nitrogens is 1. The van der Waals surface area contributed by atoms with E-state index in [1.807, 2.05) is 0 Å². The van der Waals surface area contributed by atoms with Crippen LogP contribution in [-0.2, 0) is 0 Å². The van der Waals surface area contributed by atoms with Crippen LogP contribution in [0.1, 0.15) is 5.89 Å². The molecular formula is C9H6FNO. The van der Waals surface area contributed by atoms with E-state index in [1.54, 1.807) is 12.1 Å². The first-order chi connectivity index (χ1) is 5.81. The highest BCUT2D eigenvalue weighted by molar-refractivity contribution is 5.74. The minimum Gasteiger partial charge on any atom is -0.437 e. The molecule has 2 aromatic rings. The van der Waals surface area contributed by atoms with Gasteiger partial charge in [0.05, 0.1) is 0 Å². The number of rotatable bonds is 1. The van der Waals surface area contributed by atoms with Crippen molar-refractivity contribution >= 4 is 17.2 Å². The summed E-state index contributed by atoms with van der Waals surface area (Å²) in [7, 11) is 0. The molecule has 0 N–H and O–H groups in total. The van der Waals surface area contributed by atoms with Crippen molar-refractivity contribution in [2.24, 2.45) is 0 Å². The van der Waals surface area contributed by atoms with E-state index in [2.05, 4.69) is 11.6 Å². The number of benzene rings is 1. The normalized spacial score (nSPS) is 10.4. The molecule has 0 fully saturated rings. The maximum absolute atomic E-state index is 13.0. The summed E-state index contributed by atoms with van der Waals surface area (Å²) in [4.78, 5) is 3.87. The fourth-order valence-electron chi connectivity index (χ4n) is 1.02. The Morgan fingerprint density at radius 1 is 1.50 bits per heavy atom. The monoisotopic (exact) mass is 163 g/mol. The second-order valence-electron chi connectivity index (χ2n) is 2.34. The standard InChI is InChI=1S/C9H6FNO/c1-2-8-11-9-6(10)4-3-5-7(9)12-8/h2-5H,1H2. The van der Waals surface area contributed by atoms with Crippen molar-refractivity contribution in [3.8, 4) is 0 Å². The zero-order valence-electron chi connectivity index (χ0n) is 6.25. The average Bonchev–Trinajstić information content (AvgIpc) is 2.49. The molecule has 0 spiro atoms. The van der Waals surface area contributed by atoms with Crippen LogP contribution >= 0.6 is 0 Å². The molecular weight excluding hydrogens is 157 g/mol. The second-order valence-corrected chi connectivity index (χ2v) is 2.34. The number of hydrogen-bond donors (Lipinski definition) is 0. The molecule has 1 heterocycles. The Bertz CT molecular complexity index is 433. The topological polar surface area (TPSA) is 26.0 Å². The minimum absolute atomic E-state index is 0.257. The largest absolute Gasteiger partial charge is 0.437 e. The van der Waals surface area contributed by atoms with Crippen LogP contribution in [0.15, 0.2) is 29.2 Å². The second kappa shape index (κ2) is 2.44. The molecule has 0 aliphatic carbocycles. The van der Waals surface area contributed by atoms with Crippen LogP contribution in [0.2, 0.25) is 0 Å². The van der Waals surface area contributed by atoms with Crippen molar-refractivity contribution in [1.82, 2.24) is 4.98 Å². The number of para-hydroxylation sites is 1. The van der Waals surface area contributed by atoms with Gasteiger partial charge in [0.15, 0.2) is 11.4 Å². The van der Waals surface area contributed by atoms with Crippen LogP contribution in [0.3, 0.4) is 0 Å². The lowest BCUT2D eigenvalue weighted by molar-refractivity contribution is 0.589. The predicted octanol–water partition coefficient (Wildman–Crippen LogP) is 2.61. The lowest BCUT2D eigenvalue weighted by Crippen LogP contribution is -1.75. The van der Waals surface area contributed by atoms with E-state index in [9.17, 15) is 4.39 Å². The van der Waals surface area contributed by atoms with Crippen molar-refractivity contribution < 1.29 is 8.81 Å². The summed E-state index contributed by atoms with van der Waals surface area (Å²) in [5.74, 6) is -0.0283. The highest BCUT2D eigenvalue weighted by Crippen LogP contribution is 2.18. The summed E-state index contributed by atoms with van der Waals surface area (Å²) < 4.78 is 18.1. The fourth-order valence-corrected chi connectivity index (χ4v) is 1.02. The first kappa shape index (κ1) is 7.03. The first-order valence-electron chi connectivity index (χ1n) is 3.49. The van der Waals surface area contributed by atoms with Crippen molar-refractivity contribution in [3.63, 3.8) is 0 Å². The van der Waals surface area contributed by atoms with E-state index in [-0.39, 0.29) is 11.3 Å². The number of oxazole rings is 1. The maximum atomic E-state index is 13.0. The summed E-state index contributed by atoms with van der Waals surface area (Å²) in [5.41, 5.74) is 0.706. The molecule has 0 bridgehead atoms. The Hall–Kier alpha value is -1.64. The van der Waals surface area contributed by atoms with Crippen LogP contribution in [0, 0.1) is 5.82 Å². The predicted molar refractivity (Wildman–Crippen MR) is 44.1 cm³/mol. The molecule has 0 radical (unpaired) electrons. The summed E-state index contributed by atoms with van der Waals surface area (Å²) in [6, 6.07) is 4.59. The van der Waals surface area contributed by atoms with Gasteiger partial charge in [0, 0.05) is 0 Å². The van der Waals surface area contributed by atoms with Gasteiger partial charge in [-0.3, -0.25) is 0 Å². The molecule has 0 saturated carbocycles. The molecule has 3 heteroatoms. The van der Waals surface area contributed by atoms with Gasteiger partial charge in [-0.2, -0.15) is 0 Å². The number of hydrogen-bond acceptors (Lipinski definition) is 2. The van der Waals surface area contributed by atoms with Crippen molar-refractivity contribution in [1.29, 1.82) is 0 Å². The van der Waals surface area contributed by atoms with Crippen LogP contribution in [0.4, 0.5) is 4.39 Å². The van der Waals surface area contributed by atoms with Gasteiger partial charge >= 0.3 is 0 Å². The van der Waals surface area contributed by atoms with Crippen LogP contribution in [-0.4, -0.2) is 4.98 Å². The third-order valence-electron chi connectivity index (χ3n) is 1.56. The molecule has 1 aromatic heterocycles. The average molecular weight is 163 g/mol. The molecule has 2 nitrogen and oxygen atoms in total. The summed E-state index contributed by atoms with van der Waals surface area (Å²) in [6.07, 6.45) is 1.44. The van der Waals surface area contributed by atoms with Gasteiger partial charge in [-0.05, 0) is 18.2 Å². The highest BCUT2D eigenvalue weighted by atomic mass is 19.1. The van der Waals surface area contributed by atoms with Gasteiger partial charge in [0.25, 0.3) is 0 Å². The minimum atomic E-state index is -0.371. The SMILES string of the molecule is C=Cc1nc2c(F)cccc2o1. The van der Waals surface area contributed by atoms with Crippen molar-refractivity contribution in [2.45, 2.75) is 0 Å². The lowest BCUT2D eigenvalue weighted by Gasteiger charge is -1.85. The third kappa shape index (κ3) is 0.906. The number of halogens is 1. The van der Waals surface area contributed by atoms with Crippen LogP contribution < -0.4 is 0 Å². The molecule has 0 saturated heterocycles. The molecule has 0 unspecified atom stereocenters. The Morgan fingerprint density at radius 3 is 3.00 bits per heavy atom. The van der Waals surface area contributed by atoms with Gasteiger partial charge in [-0.1, -0.05) is 12.6 Å². The molecule has 0 atom stereocenters. The van der Waals surface area contributed by atoms with Gasteiger partial charge in [0.2, 0.25) is 5.89 Å². The molecule has 2 rings (SSSR count). The molecule has 0 aliphatic heterocycles. The summed E-state index contributed by atoms with van der Waals surface area (Å²) in [6.45, 7) is 3.48. The van der Waals surface area contributed by atoms with Crippen molar-refractivity contribution in [3.05, 3.63) is 36.5 Å². The number of nitrogens with zero attached hydrogens (tertiary/aromatic N) is 1. The molecule has 0 aliphatic rings. The molecule has 60 valence electrons. The Morgan fingerprint density at radius 2 is 2.33 bits per heavy atom. The number of fused-ring (bicyclic) bond motifs is 1. The highest BCUT2D eigenvalue weighted by Gasteiger charge is 2.06. The van der Waals surface area contributed by atoms with E-state index in [4.69, 9.17) is 4.42 Å². The first-order valence-corrected chi connectivity index (χ1v) is 3.49. The Balaban J connectivity index is 2.82. The van der Waals surface area contributed by atoms with E-state index < -0.39 is 0 Å². The van der Waals surface area contributed by atoms with E-state index in [0.717, 1.165) is 0 Å².